The molecule has 3 aromatic carbocycles. The zero-order valence-corrected chi connectivity index (χ0v) is 20.1. The quantitative estimate of drug-likeness (QED) is 0.296. The summed E-state index contributed by atoms with van der Waals surface area (Å²) >= 11 is 7.73. The Morgan fingerprint density at radius 1 is 1.20 bits per heavy atom. The molecule has 1 aliphatic heterocycles. The minimum absolute atomic E-state index is 0.0702. The average molecular weight is 511 g/mol. The fourth-order valence-electron chi connectivity index (χ4n) is 3.95. The minimum Gasteiger partial charge on any atom is -0.495 e. The number of hydrogen-bond acceptors (Lipinski definition) is 4. The van der Waals surface area contributed by atoms with Gasteiger partial charge in [0, 0.05) is 33.2 Å². The van der Waals surface area contributed by atoms with E-state index in [0.29, 0.717) is 22.8 Å². The maximum absolute atomic E-state index is 14.6. The van der Waals surface area contributed by atoms with Crippen LogP contribution in [0, 0.1) is 5.82 Å². The van der Waals surface area contributed by atoms with E-state index in [9.17, 15) is 14.0 Å². The lowest BCUT2D eigenvalue weighted by Gasteiger charge is -2.30. The molecule has 3 amide bonds. The molecule has 0 radical (unpaired) electrons. The molecule has 0 aliphatic carbocycles. The number of benzene rings is 3. The van der Waals surface area contributed by atoms with Crippen LogP contribution in [-0.2, 0) is 11.3 Å². The molecule has 0 fully saturated rings. The van der Waals surface area contributed by atoms with Gasteiger partial charge in [0.2, 0.25) is 5.91 Å². The first-order valence-corrected chi connectivity index (χ1v) is 12.0. The molecule has 5 rings (SSSR count). The minimum atomic E-state index is -0.532. The third kappa shape index (κ3) is 4.52. The maximum Gasteiger partial charge on any atom is 0.323 e. The molecular weight excluding hydrogens is 491 g/mol. The number of amides is 3. The van der Waals surface area contributed by atoms with Crippen molar-refractivity contribution in [3.63, 3.8) is 0 Å². The van der Waals surface area contributed by atoms with E-state index in [1.54, 1.807) is 18.3 Å². The SMILES string of the molecule is COc1ccc(F)c(CN2C(=O)CSc3ccc(NC(=O)Nc4c[nH]c5ccccc45)cc32)c1Cl. The van der Waals surface area contributed by atoms with Crippen molar-refractivity contribution in [1.82, 2.24) is 4.98 Å². The van der Waals surface area contributed by atoms with Crippen molar-refractivity contribution in [3.8, 4) is 5.75 Å². The van der Waals surface area contributed by atoms with Crippen LogP contribution in [0.3, 0.4) is 0 Å². The number of methoxy groups -OCH3 is 1. The summed E-state index contributed by atoms with van der Waals surface area (Å²) in [5.41, 5.74) is 2.76. The van der Waals surface area contributed by atoms with Crippen LogP contribution in [0.15, 0.2) is 65.7 Å². The number of carbonyl (C=O) groups is 2. The van der Waals surface area contributed by atoms with Gasteiger partial charge in [-0.25, -0.2) is 9.18 Å². The van der Waals surface area contributed by atoms with Crippen LogP contribution in [0.5, 0.6) is 5.75 Å². The lowest BCUT2D eigenvalue weighted by atomic mass is 10.1. The van der Waals surface area contributed by atoms with E-state index >= 15 is 0 Å². The molecule has 3 N–H and O–H groups in total. The number of halogens is 2. The molecule has 4 aromatic rings. The third-order valence-electron chi connectivity index (χ3n) is 5.68. The van der Waals surface area contributed by atoms with E-state index in [2.05, 4.69) is 15.6 Å². The molecule has 1 aromatic heterocycles. The highest BCUT2D eigenvalue weighted by atomic mass is 35.5. The topological polar surface area (TPSA) is 86.5 Å². The molecule has 0 bridgehead atoms. The summed E-state index contributed by atoms with van der Waals surface area (Å²) in [6.07, 6.45) is 1.72. The van der Waals surface area contributed by atoms with Crippen LogP contribution in [-0.4, -0.2) is 29.8 Å². The van der Waals surface area contributed by atoms with Crippen molar-refractivity contribution in [3.05, 3.63) is 77.2 Å². The van der Waals surface area contributed by atoms with Crippen molar-refractivity contribution >= 4 is 63.3 Å². The number of anilines is 3. The van der Waals surface area contributed by atoms with Gasteiger partial charge in [-0.3, -0.25) is 4.79 Å². The summed E-state index contributed by atoms with van der Waals surface area (Å²) in [6.45, 7) is -0.0702. The van der Waals surface area contributed by atoms with E-state index in [0.717, 1.165) is 15.8 Å². The first-order chi connectivity index (χ1) is 16.9. The lowest BCUT2D eigenvalue weighted by Crippen LogP contribution is -2.35. The Morgan fingerprint density at radius 2 is 2.03 bits per heavy atom. The smallest absolute Gasteiger partial charge is 0.323 e. The number of H-pyrrole nitrogens is 1. The molecule has 0 saturated heterocycles. The molecule has 35 heavy (non-hydrogen) atoms. The van der Waals surface area contributed by atoms with Crippen LogP contribution in [0.4, 0.5) is 26.2 Å². The second-order valence-electron chi connectivity index (χ2n) is 7.82. The van der Waals surface area contributed by atoms with Crippen molar-refractivity contribution in [1.29, 1.82) is 0 Å². The monoisotopic (exact) mass is 510 g/mol. The Balaban J connectivity index is 1.40. The second-order valence-corrected chi connectivity index (χ2v) is 9.22. The predicted molar refractivity (Wildman–Crippen MR) is 137 cm³/mol. The van der Waals surface area contributed by atoms with Gasteiger partial charge in [0.25, 0.3) is 0 Å². The highest BCUT2D eigenvalue weighted by Gasteiger charge is 2.28. The van der Waals surface area contributed by atoms with Crippen molar-refractivity contribution in [2.24, 2.45) is 0 Å². The molecule has 10 heteroatoms. The zero-order valence-electron chi connectivity index (χ0n) is 18.5. The number of nitrogens with one attached hydrogen (secondary N) is 3. The van der Waals surface area contributed by atoms with E-state index in [1.807, 2.05) is 30.3 Å². The molecule has 7 nitrogen and oxygen atoms in total. The summed E-state index contributed by atoms with van der Waals surface area (Å²) in [4.78, 5) is 30.9. The van der Waals surface area contributed by atoms with Crippen LogP contribution >= 0.6 is 23.4 Å². The van der Waals surface area contributed by atoms with Gasteiger partial charge in [0.15, 0.2) is 0 Å². The second kappa shape index (κ2) is 9.52. The molecule has 0 atom stereocenters. The van der Waals surface area contributed by atoms with Crippen LogP contribution in [0.25, 0.3) is 10.9 Å². The number of aromatic amines is 1. The summed E-state index contributed by atoms with van der Waals surface area (Å²) in [7, 11) is 1.44. The van der Waals surface area contributed by atoms with E-state index < -0.39 is 11.8 Å². The zero-order chi connectivity index (χ0) is 24.5. The predicted octanol–water partition coefficient (Wildman–Crippen LogP) is 6.25. The molecule has 0 saturated carbocycles. The Kier molecular flexibility index (Phi) is 6.27. The molecule has 0 spiro atoms. The standard InChI is InChI=1S/C25H20ClFN4O3S/c1-34-21-8-7-17(27)16(24(21)26)12-31-20-10-14(6-9-22(20)35-13-23(31)32)29-25(33)30-19-11-28-18-5-3-2-4-15(18)19/h2-11,28H,12-13H2,1H3,(H2,29,30,33). The summed E-state index contributed by atoms with van der Waals surface area (Å²) < 4.78 is 19.8. The molecule has 178 valence electrons. The van der Waals surface area contributed by atoms with Gasteiger partial charge in [0.1, 0.15) is 11.6 Å². The van der Waals surface area contributed by atoms with E-state index in [4.69, 9.17) is 16.3 Å². The third-order valence-corrected chi connectivity index (χ3v) is 7.15. The number of hydrogen-bond donors (Lipinski definition) is 3. The van der Waals surface area contributed by atoms with Gasteiger partial charge in [0.05, 0.1) is 35.8 Å². The number of fused-ring (bicyclic) bond motifs is 2. The Morgan fingerprint density at radius 3 is 2.86 bits per heavy atom. The Hall–Kier alpha value is -3.69. The maximum atomic E-state index is 14.6. The van der Waals surface area contributed by atoms with Crippen LogP contribution < -0.4 is 20.3 Å². The number of thioether (sulfide) groups is 1. The first kappa shape index (κ1) is 23.1. The molecule has 0 unspecified atom stereocenters. The highest BCUT2D eigenvalue weighted by Crippen LogP contribution is 2.40. The fourth-order valence-corrected chi connectivity index (χ4v) is 5.16. The fraction of sp³-hybridized carbons (Fsp3) is 0.120. The number of carbonyl (C=O) groups excluding carboxylic acids is 2. The number of nitrogens with zero attached hydrogens (tertiary/aromatic N) is 1. The number of ether oxygens (including phenoxy) is 1. The number of urea groups is 1. The highest BCUT2D eigenvalue weighted by molar-refractivity contribution is 8.00. The normalized spacial score (nSPS) is 13.0. The van der Waals surface area contributed by atoms with E-state index in [-0.39, 0.29) is 28.8 Å². The molecular formula is C25H20ClFN4O3S. The van der Waals surface area contributed by atoms with Gasteiger partial charge in [-0.15, -0.1) is 11.8 Å². The first-order valence-electron chi connectivity index (χ1n) is 10.7. The Bertz CT molecular complexity index is 1460. The van der Waals surface area contributed by atoms with Gasteiger partial charge >= 0.3 is 6.03 Å². The molecule has 2 heterocycles. The van der Waals surface area contributed by atoms with Crippen molar-refractivity contribution in [2.75, 3.05) is 28.4 Å². The van der Waals surface area contributed by atoms with Gasteiger partial charge in [-0.05, 0) is 36.4 Å². The summed E-state index contributed by atoms with van der Waals surface area (Å²) in [5, 5.41) is 6.64. The number of para-hydroxylation sites is 1. The molecule has 1 aliphatic rings. The Labute approximate surface area is 209 Å². The number of rotatable bonds is 5. The van der Waals surface area contributed by atoms with Crippen molar-refractivity contribution in [2.45, 2.75) is 11.4 Å². The van der Waals surface area contributed by atoms with Crippen LogP contribution in [0.1, 0.15) is 5.56 Å². The van der Waals surface area contributed by atoms with Gasteiger partial charge < -0.3 is 25.3 Å². The summed E-state index contributed by atoms with van der Waals surface area (Å²) in [5.74, 6) is -0.187. The number of aromatic nitrogens is 1. The van der Waals surface area contributed by atoms with Gasteiger partial charge in [-0.1, -0.05) is 29.8 Å². The van der Waals surface area contributed by atoms with Crippen molar-refractivity contribution < 1.29 is 18.7 Å². The van der Waals surface area contributed by atoms with E-state index in [1.165, 1.54) is 35.9 Å². The van der Waals surface area contributed by atoms with Crippen LogP contribution in [0.2, 0.25) is 5.02 Å². The lowest BCUT2D eigenvalue weighted by molar-refractivity contribution is -0.116. The average Bonchev–Trinajstić information content (AvgIpc) is 3.25. The van der Waals surface area contributed by atoms with Gasteiger partial charge in [-0.2, -0.15) is 0 Å². The largest absolute Gasteiger partial charge is 0.495 e. The summed E-state index contributed by atoms with van der Waals surface area (Å²) in [6, 6.07) is 15.2.